The zero-order valence-corrected chi connectivity index (χ0v) is 18.1. The minimum Gasteiger partial charge on any atom is -0.481 e. The van der Waals surface area contributed by atoms with Gasteiger partial charge in [0.2, 0.25) is 0 Å². The molecule has 0 fully saturated rings. The lowest BCUT2D eigenvalue weighted by molar-refractivity contribution is -0.139. The Hall–Kier alpha value is -2.66. The molecule has 0 radical (unpaired) electrons. The summed E-state index contributed by atoms with van der Waals surface area (Å²) in [5.74, 6) is -1.56. The molecule has 0 atom stereocenters. The van der Waals surface area contributed by atoms with E-state index in [2.05, 4.69) is 0 Å². The highest BCUT2D eigenvalue weighted by Gasteiger charge is 2.21. The minimum atomic E-state index is -0.833. The van der Waals surface area contributed by atoms with Gasteiger partial charge in [-0.15, -0.1) is 0 Å². The molecule has 0 aliphatic rings. The lowest BCUT2D eigenvalue weighted by Gasteiger charge is -2.22. The Morgan fingerprint density at radius 3 is 1.41 bits per heavy atom. The summed E-state index contributed by atoms with van der Waals surface area (Å²) in [5, 5.41) is 25.6. The van der Waals surface area contributed by atoms with Gasteiger partial charge in [-0.2, -0.15) is 0 Å². The second kappa shape index (κ2) is 12.7. The van der Waals surface area contributed by atoms with E-state index in [-0.39, 0.29) is 11.8 Å². The molecule has 0 heterocycles. The average Bonchev–Trinajstić information content (AvgIpc) is 2.53. The van der Waals surface area contributed by atoms with Crippen molar-refractivity contribution in [3.05, 3.63) is 71.8 Å². The molecule has 0 saturated heterocycles. The van der Waals surface area contributed by atoms with Gasteiger partial charge in [-0.3, -0.25) is 9.59 Å². The second-order valence-electron chi connectivity index (χ2n) is 8.39. The molecule has 5 heteroatoms. The summed E-state index contributed by atoms with van der Waals surface area (Å²) in [7, 11) is 0. The molecule has 2 aromatic carbocycles. The Balaban J connectivity index is 0.000000466. The van der Waals surface area contributed by atoms with Crippen LogP contribution >= 0.6 is 0 Å². The highest BCUT2D eigenvalue weighted by Crippen LogP contribution is 2.25. The molecular formula is C24H34O5. The van der Waals surface area contributed by atoms with Crippen LogP contribution in [0, 0.1) is 5.41 Å². The van der Waals surface area contributed by atoms with Gasteiger partial charge in [0, 0.05) is 13.3 Å². The number of carbonyl (C=O) groups is 2. The van der Waals surface area contributed by atoms with Crippen molar-refractivity contribution in [2.24, 2.45) is 5.41 Å². The van der Waals surface area contributed by atoms with E-state index in [1.165, 1.54) is 11.1 Å². The van der Waals surface area contributed by atoms with Gasteiger partial charge in [0.25, 0.3) is 5.97 Å². The molecule has 0 unspecified atom stereocenters. The zero-order chi connectivity index (χ0) is 22.5. The third-order valence-electron chi connectivity index (χ3n) is 3.63. The van der Waals surface area contributed by atoms with Crippen molar-refractivity contribution in [2.45, 2.75) is 59.5 Å². The molecule has 160 valence electrons. The standard InChI is InChI=1S/C12H16O2.C10H14O.C2H4O2/c1-12(2,9-11(13)14)8-10-6-4-3-5-7-10;1-10(2,11)8-9-6-4-3-5-7-9;1-2(3)4/h3-7H,8-9H2,1-2H3,(H,13,14);3-7,11H,8H2,1-2H3;1H3,(H,3,4). The fourth-order valence-electron chi connectivity index (χ4n) is 2.72. The van der Waals surface area contributed by atoms with Crippen molar-refractivity contribution in [3.63, 3.8) is 0 Å². The Morgan fingerprint density at radius 2 is 1.10 bits per heavy atom. The molecule has 0 bridgehead atoms. The molecule has 0 aliphatic heterocycles. The van der Waals surface area contributed by atoms with Gasteiger partial charge >= 0.3 is 5.97 Å². The number of carboxylic acids is 2. The van der Waals surface area contributed by atoms with Crippen molar-refractivity contribution in [1.82, 2.24) is 0 Å². The molecule has 2 rings (SSSR count). The summed E-state index contributed by atoms with van der Waals surface area (Å²) >= 11 is 0. The molecule has 0 spiro atoms. The first-order chi connectivity index (χ1) is 13.3. The summed E-state index contributed by atoms with van der Waals surface area (Å²) in [4.78, 5) is 19.6. The molecule has 0 aliphatic carbocycles. The number of benzene rings is 2. The van der Waals surface area contributed by atoms with Gasteiger partial charge in [0.15, 0.2) is 0 Å². The quantitative estimate of drug-likeness (QED) is 0.644. The van der Waals surface area contributed by atoms with Crippen LogP contribution in [-0.2, 0) is 22.4 Å². The molecule has 5 nitrogen and oxygen atoms in total. The summed E-state index contributed by atoms with van der Waals surface area (Å²) < 4.78 is 0. The van der Waals surface area contributed by atoms with Gasteiger partial charge in [0.1, 0.15) is 0 Å². The first-order valence-corrected chi connectivity index (χ1v) is 9.52. The van der Waals surface area contributed by atoms with Crippen molar-refractivity contribution in [1.29, 1.82) is 0 Å². The van der Waals surface area contributed by atoms with Crippen LogP contribution in [0.25, 0.3) is 0 Å². The van der Waals surface area contributed by atoms with E-state index in [4.69, 9.17) is 15.0 Å². The fourth-order valence-corrected chi connectivity index (χ4v) is 2.72. The maximum Gasteiger partial charge on any atom is 0.303 e. The normalized spacial score (nSPS) is 10.7. The smallest absolute Gasteiger partial charge is 0.303 e. The molecular weight excluding hydrogens is 368 g/mol. The molecule has 0 amide bonds. The van der Waals surface area contributed by atoms with Gasteiger partial charge in [0.05, 0.1) is 12.0 Å². The van der Waals surface area contributed by atoms with Crippen LogP contribution in [0.5, 0.6) is 0 Å². The van der Waals surface area contributed by atoms with Gasteiger partial charge < -0.3 is 15.3 Å². The lowest BCUT2D eigenvalue weighted by Crippen LogP contribution is -2.21. The first-order valence-electron chi connectivity index (χ1n) is 9.52. The summed E-state index contributed by atoms with van der Waals surface area (Å²) in [6.07, 6.45) is 1.73. The Labute approximate surface area is 174 Å². The van der Waals surface area contributed by atoms with Gasteiger partial charge in [-0.25, -0.2) is 0 Å². The molecule has 0 aromatic heterocycles. The topological polar surface area (TPSA) is 94.8 Å². The predicted octanol–water partition coefficient (Wildman–Crippen LogP) is 4.82. The van der Waals surface area contributed by atoms with E-state index in [0.29, 0.717) is 6.42 Å². The Morgan fingerprint density at radius 1 is 0.759 bits per heavy atom. The molecule has 2 aromatic rings. The van der Waals surface area contributed by atoms with E-state index < -0.39 is 17.5 Å². The van der Waals surface area contributed by atoms with Crippen LogP contribution in [0.3, 0.4) is 0 Å². The van der Waals surface area contributed by atoms with E-state index in [9.17, 15) is 9.90 Å². The zero-order valence-electron chi connectivity index (χ0n) is 18.1. The van der Waals surface area contributed by atoms with E-state index >= 15 is 0 Å². The van der Waals surface area contributed by atoms with Crippen molar-refractivity contribution >= 4 is 11.9 Å². The van der Waals surface area contributed by atoms with Crippen molar-refractivity contribution < 1.29 is 24.9 Å². The summed E-state index contributed by atoms with van der Waals surface area (Å²) in [6.45, 7) is 8.68. The summed E-state index contributed by atoms with van der Waals surface area (Å²) in [5.41, 5.74) is 1.60. The third kappa shape index (κ3) is 17.2. The second-order valence-corrected chi connectivity index (χ2v) is 8.39. The number of hydrogen-bond acceptors (Lipinski definition) is 3. The summed E-state index contributed by atoms with van der Waals surface area (Å²) in [6, 6.07) is 20.0. The number of aliphatic hydroxyl groups is 1. The van der Waals surface area contributed by atoms with E-state index in [0.717, 1.165) is 13.3 Å². The van der Waals surface area contributed by atoms with Gasteiger partial charge in [-0.05, 0) is 36.8 Å². The SMILES string of the molecule is CC(=O)O.CC(C)(CC(=O)O)Cc1ccccc1.CC(C)(O)Cc1ccccc1. The number of carboxylic acid groups (broad SMARTS) is 2. The molecule has 29 heavy (non-hydrogen) atoms. The minimum absolute atomic E-state index is 0.173. The van der Waals surface area contributed by atoms with E-state index in [1.54, 1.807) is 0 Å². The third-order valence-corrected chi connectivity index (χ3v) is 3.63. The van der Waals surface area contributed by atoms with Crippen molar-refractivity contribution in [2.75, 3.05) is 0 Å². The van der Waals surface area contributed by atoms with Crippen LogP contribution in [0.2, 0.25) is 0 Å². The van der Waals surface area contributed by atoms with Crippen LogP contribution in [0.4, 0.5) is 0 Å². The monoisotopic (exact) mass is 402 g/mol. The van der Waals surface area contributed by atoms with Crippen molar-refractivity contribution in [3.8, 4) is 0 Å². The molecule has 0 saturated carbocycles. The average molecular weight is 403 g/mol. The predicted molar refractivity (Wildman–Crippen MR) is 116 cm³/mol. The number of aliphatic carboxylic acids is 2. The lowest BCUT2D eigenvalue weighted by atomic mass is 9.83. The van der Waals surface area contributed by atoms with E-state index in [1.807, 2.05) is 88.4 Å². The Kier molecular flexibility index (Phi) is 11.6. The highest BCUT2D eigenvalue weighted by molar-refractivity contribution is 5.67. The first kappa shape index (κ1) is 26.3. The molecule has 3 N–H and O–H groups in total. The van der Waals surface area contributed by atoms with Crippen LogP contribution in [0.15, 0.2) is 60.7 Å². The largest absolute Gasteiger partial charge is 0.481 e. The van der Waals surface area contributed by atoms with Crippen LogP contribution in [-0.4, -0.2) is 32.9 Å². The number of hydrogen-bond donors (Lipinski definition) is 3. The fraction of sp³-hybridized carbons (Fsp3) is 0.417. The maximum absolute atomic E-state index is 10.6. The van der Waals surface area contributed by atoms with Crippen LogP contribution < -0.4 is 0 Å². The highest BCUT2D eigenvalue weighted by atomic mass is 16.4. The maximum atomic E-state index is 10.6. The Bertz CT molecular complexity index is 712. The van der Waals surface area contributed by atoms with Crippen LogP contribution in [0.1, 0.15) is 52.2 Å². The van der Waals surface area contributed by atoms with Gasteiger partial charge in [-0.1, -0.05) is 74.5 Å². The number of rotatable bonds is 6.